The first kappa shape index (κ1) is 13.6. The highest BCUT2D eigenvalue weighted by Gasteiger charge is 2.15. The molecule has 3 nitrogen and oxygen atoms in total. The Bertz CT molecular complexity index is 337. The van der Waals surface area contributed by atoms with Gasteiger partial charge in [0.25, 0.3) is 0 Å². The van der Waals surface area contributed by atoms with Gasteiger partial charge in [-0.15, -0.1) is 0 Å². The first-order valence-corrected chi connectivity index (χ1v) is 7.47. The Balaban J connectivity index is 1.69. The number of aromatic nitrogens is 2. The quantitative estimate of drug-likeness (QED) is 0.815. The van der Waals surface area contributed by atoms with Crippen molar-refractivity contribution >= 4 is 0 Å². The van der Waals surface area contributed by atoms with Gasteiger partial charge in [0.2, 0.25) is 0 Å². The van der Waals surface area contributed by atoms with Gasteiger partial charge in [-0.25, -0.2) is 0 Å². The molecule has 1 aromatic heterocycles. The molecule has 0 saturated heterocycles. The van der Waals surface area contributed by atoms with E-state index in [1.165, 1.54) is 50.5 Å². The summed E-state index contributed by atoms with van der Waals surface area (Å²) in [6.45, 7) is 0. The topological polar surface area (TPSA) is 43.8 Å². The molecular formula is C15H27N3. The average molecular weight is 249 g/mol. The minimum Gasteiger partial charge on any atom is -0.328 e. The van der Waals surface area contributed by atoms with Gasteiger partial charge < -0.3 is 5.73 Å². The Morgan fingerprint density at radius 3 is 2.67 bits per heavy atom. The lowest BCUT2D eigenvalue weighted by Gasteiger charge is -2.19. The Hall–Kier alpha value is -0.830. The molecule has 0 spiro atoms. The van der Waals surface area contributed by atoms with Gasteiger partial charge in [0.1, 0.15) is 0 Å². The molecule has 3 heteroatoms. The van der Waals surface area contributed by atoms with Crippen molar-refractivity contribution in [2.45, 2.75) is 63.8 Å². The van der Waals surface area contributed by atoms with E-state index >= 15 is 0 Å². The summed E-state index contributed by atoms with van der Waals surface area (Å²) in [7, 11) is 1.97. The number of hydrogen-bond acceptors (Lipinski definition) is 2. The van der Waals surface area contributed by atoms with E-state index in [9.17, 15) is 0 Å². The first-order valence-electron chi connectivity index (χ1n) is 7.47. The van der Waals surface area contributed by atoms with Gasteiger partial charge in [-0.05, 0) is 30.7 Å². The number of rotatable bonds is 5. The van der Waals surface area contributed by atoms with Crippen LogP contribution in [0, 0.1) is 5.92 Å². The van der Waals surface area contributed by atoms with E-state index in [1.54, 1.807) is 0 Å². The normalized spacial score (nSPS) is 19.7. The molecule has 0 aromatic carbocycles. The van der Waals surface area contributed by atoms with Crippen LogP contribution in [-0.2, 0) is 13.5 Å². The Kier molecular flexibility index (Phi) is 5.24. The highest BCUT2D eigenvalue weighted by Crippen LogP contribution is 2.26. The lowest BCUT2D eigenvalue weighted by atomic mass is 9.91. The zero-order valence-electron chi connectivity index (χ0n) is 11.6. The fraction of sp³-hybridized carbons (Fsp3) is 0.800. The molecule has 1 fully saturated rings. The Morgan fingerprint density at radius 1 is 1.33 bits per heavy atom. The predicted octanol–water partition coefficient (Wildman–Crippen LogP) is 3.04. The standard InChI is InChI=1S/C15H27N3/c1-18-12-14(11-17-18)8-9-15(16)10-13-6-4-2-3-5-7-13/h11-13,15H,2-10,16H2,1H3. The van der Waals surface area contributed by atoms with Crippen LogP contribution in [0.4, 0.5) is 0 Å². The molecule has 1 aromatic rings. The highest BCUT2D eigenvalue weighted by atomic mass is 15.2. The minimum atomic E-state index is 0.369. The maximum absolute atomic E-state index is 6.28. The summed E-state index contributed by atoms with van der Waals surface area (Å²) in [5.74, 6) is 0.886. The van der Waals surface area contributed by atoms with Gasteiger partial charge in [-0.3, -0.25) is 4.68 Å². The van der Waals surface area contributed by atoms with Gasteiger partial charge in [0.05, 0.1) is 6.20 Å². The van der Waals surface area contributed by atoms with Crippen molar-refractivity contribution in [3.05, 3.63) is 18.0 Å². The molecule has 2 N–H and O–H groups in total. The van der Waals surface area contributed by atoms with Crippen LogP contribution in [-0.4, -0.2) is 15.8 Å². The van der Waals surface area contributed by atoms with Crippen LogP contribution < -0.4 is 5.73 Å². The molecule has 1 heterocycles. The van der Waals surface area contributed by atoms with Crippen molar-refractivity contribution in [3.63, 3.8) is 0 Å². The summed E-state index contributed by atoms with van der Waals surface area (Å²) in [6.07, 6.45) is 15.9. The van der Waals surface area contributed by atoms with Crippen LogP contribution in [0.1, 0.15) is 56.9 Å². The largest absolute Gasteiger partial charge is 0.328 e. The maximum atomic E-state index is 6.28. The summed E-state index contributed by atoms with van der Waals surface area (Å²) in [5.41, 5.74) is 7.60. The molecule has 0 bridgehead atoms. The second kappa shape index (κ2) is 6.93. The molecule has 102 valence electrons. The van der Waals surface area contributed by atoms with Crippen LogP contribution in [0.5, 0.6) is 0 Å². The molecule has 1 saturated carbocycles. The van der Waals surface area contributed by atoms with E-state index in [2.05, 4.69) is 11.3 Å². The number of nitrogens with two attached hydrogens (primary N) is 1. The molecule has 0 radical (unpaired) electrons. The third-order valence-corrected chi connectivity index (χ3v) is 4.17. The Morgan fingerprint density at radius 2 is 2.06 bits per heavy atom. The van der Waals surface area contributed by atoms with Gasteiger partial charge in [0.15, 0.2) is 0 Å². The van der Waals surface area contributed by atoms with E-state index in [0.29, 0.717) is 6.04 Å². The van der Waals surface area contributed by atoms with Crippen LogP contribution in [0.3, 0.4) is 0 Å². The minimum absolute atomic E-state index is 0.369. The Labute approximate surface area is 111 Å². The number of hydrogen-bond donors (Lipinski definition) is 1. The molecule has 0 amide bonds. The molecule has 0 aliphatic heterocycles. The van der Waals surface area contributed by atoms with Gasteiger partial charge in [-0.2, -0.15) is 5.10 Å². The SMILES string of the molecule is Cn1cc(CCC(N)CC2CCCCCC2)cn1. The van der Waals surface area contributed by atoms with E-state index < -0.39 is 0 Å². The summed E-state index contributed by atoms with van der Waals surface area (Å²) in [4.78, 5) is 0. The van der Waals surface area contributed by atoms with Crippen molar-refractivity contribution in [1.82, 2.24) is 9.78 Å². The van der Waals surface area contributed by atoms with Crippen molar-refractivity contribution in [2.24, 2.45) is 18.7 Å². The summed E-state index contributed by atoms with van der Waals surface area (Å²) in [5, 5.41) is 4.20. The van der Waals surface area contributed by atoms with Gasteiger partial charge in [0, 0.05) is 19.3 Å². The van der Waals surface area contributed by atoms with Crippen LogP contribution in [0.2, 0.25) is 0 Å². The second-order valence-electron chi connectivity index (χ2n) is 5.91. The van der Waals surface area contributed by atoms with E-state index in [4.69, 9.17) is 5.73 Å². The highest BCUT2D eigenvalue weighted by molar-refractivity contribution is 5.03. The lowest BCUT2D eigenvalue weighted by molar-refractivity contribution is 0.378. The predicted molar refractivity (Wildman–Crippen MR) is 75.3 cm³/mol. The van der Waals surface area contributed by atoms with Gasteiger partial charge >= 0.3 is 0 Å². The fourth-order valence-corrected chi connectivity index (χ4v) is 3.10. The van der Waals surface area contributed by atoms with Crippen LogP contribution in [0.25, 0.3) is 0 Å². The molecule has 1 unspecified atom stereocenters. The van der Waals surface area contributed by atoms with Crippen molar-refractivity contribution in [2.75, 3.05) is 0 Å². The molecule has 1 atom stereocenters. The van der Waals surface area contributed by atoms with Crippen LogP contribution >= 0.6 is 0 Å². The smallest absolute Gasteiger partial charge is 0.0521 e. The first-order chi connectivity index (χ1) is 8.74. The van der Waals surface area contributed by atoms with Crippen molar-refractivity contribution in [1.29, 1.82) is 0 Å². The maximum Gasteiger partial charge on any atom is 0.0521 e. The monoisotopic (exact) mass is 249 g/mol. The van der Waals surface area contributed by atoms with Crippen molar-refractivity contribution in [3.8, 4) is 0 Å². The van der Waals surface area contributed by atoms with Crippen LogP contribution in [0.15, 0.2) is 12.4 Å². The van der Waals surface area contributed by atoms with Gasteiger partial charge in [-0.1, -0.05) is 38.5 Å². The number of nitrogens with zero attached hydrogens (tertiary/aromatic N) is 2. The summed E-state index contributed by atoms with van der Waals surface area (Å²) < 4.78 is 1.87. The molecular weight excluding hydrogens is 222 g/mol. The molecule has 18 heavy (non-hydrogen) atoms. The number of aryl methyl sites for hydroxylation is 2. The third kappa shape index (κ3) is 4.45. The van der Waals surface area contributed by atoms with E-state index in [0.717, 1.165) is 18.8 Å². The summed E-state index contributed by atoms with van der Waals surface area (Å²) >= 11 is 0. The van der Waals surface area contributed by atoms with Crippen molar-refractivity contribution < 1.29 is 0 Å². The molecule has 2 rings (SSSR count). The zero-order valence-corrected chi connectivity index (χ0v) is 11.6. The summed E-state index contributed by atoms with van der Waals surface area (Å²) in [6, 6.07) is 0.369. The van der Waals surface area contributed by atoms with E-state index in [-0.39, 0.29) is 0 Å². The van der Waals surface area contributed by atoms with E-state index in [1.807, 2.05) is 17.9 Å². The average Bonchev–Trinajstić information content (AvgIpc) is 2.60. The molecule has 1 aliphatic rings. The fourth-order valence-electron chi connectivity index (χ4n) is 3.10. The zero-order chi connectivity index (χ0) is 12.8. The molecule has 1 aliphatic carbocycles. The lowest BCUT2D eigenvalue weighted by Crippen LogP contribution is -2.24. The third-order valence-electron chi connectivity index (χ3n) is 4.17. The second-order valence-corrected chi connectivity index (χ2v) is 5.91.